The Hall–Kier alpha value is -1.81. The minimum absolute atomic E-state index is 0. The van der Waals surface area contributed by atoms with E-state index < -0.39 is 11.9 Å². The molecular formula is C44H76IN3O4. The number of Topliss-reactive ketones (excluding diaryl/α,β-unsaturated/α-hetero) is 1. The van der Waals surface area contributed by atoms with Crippen molar-refractivity contribution in [2.75, 3.05) is 33.2 Å². The lowest BCUT2D eigenvalue weighted by Crippen LogP contribution is -3.00. The largest absolute Gasteiger partial charge is 1.00 e. The molecule has 298 valence electrons. The summed E-state index contributed by atoms with van der Waals surface area (Å²) in [4.78, 5) is 53.9. The maximum absolute atomic E-state index is 14.2. The van der Waals surface area contributed by atoms with Crippen molar-refractivity contribution >= 4 is 23.5 Å². The molecule has 0 aromatic heterocycles. The van der Waals surface area contributed by atoms with E-state index in [1.807, 2.05) is 18.2 Å². The van der Waals surface area contributed by atoms with Crippen molar-refractivity contribution in [2.24, 2.45) is 0 Å². The molecule has 1 atom stereocenters. The number of carbonyl (C=O) groups excluding carboxylic acids is 4. The monoisotopic (exact) mass is 837 g/mol. The Balaban J connectivity index is 0.0000135. The lowest BCUT2D eigenvalue weighted by molar-refractivity contribution is -0.902. The topological polar surface area (TPSA) is 83.6 Å². The summed E-state index contributed by atoms with van der Waals surface area (Å²) in [5.74, 6) is -1.16. The van der Waals surface area contributed by atoms with Crippen molar-refractivity contribution in [3.63, 3.8) is 0 Å². The van der Waals surface area contributed by atoms with Gasteiger partial charge in [-0.15, -0.1) is 0 Å². The highest BCUT2D eigenvalue weighted by molar-refractivity contribution is 6.04. The first-order valence-electron chi connectivity index (χ1n) is 21.3. The SMILES string of the molecule is CCCCCCCCCCCCCC[N+](C)(CCCCCCCCCCCCCC)CC(=O)N(CC(=O)c1ccccc1)C1CCC(=O)NC1=O.[I-]. The van der Waals surface area contributed by atoms with Crippen LogP contribution in [0.1, 0.15) is 191 Å². The predicted molar refractivity (Wildman–Crippen MR) is 212 cm³/mol. The van der Waals surface area contributed by atoms with Crippen LogP contribution in [0.5, 0.6) is 0 Å². The first-order valence-corrected chi connectivity index (χ1v) is 21.3. The zero-order valence-electron chi connectivity index (χ0n) is 33.6. The van der Waals surface area contributed by atoms with Gasteiger partial charge < -0.3 is 33.4 Å². The van der Waals surface area contributed by atoms with Crippen LogP contribution in [0.15, 0.2) is 30.3 Å². The van der Waals surface area contributed by atoms with Gasteiger partial charge in [0.05, 0.1) is 26.7 Å². The van der Waals surface area contributed by atoms with E-state index in [-0.39, 0.29) is 67.5 Å². The van der Waals surface area contributed by atoms with Crippen molar-refractivity contribution in [1.82, 2.24) is 10.2 Å². The molecule has 1 unspecified atom stereocenters. The number of rotatable bonds is 32. The Morgan fingerprint density at radius 1 is 0.654 bits per heavy atom. The van der Waals surface area contributed by atoms with Crippen molar-refractivity contribution in [2.45, 2.75) is 187 Å². The lowest BCUT2D eigenvalue weighted by Gasteiger charge is -2.38. The van der Waals surface area contributed by atoms with Gasteiger partial charge >= 0.3 is 0 Å². The van der Waals surface area contributed by atoms with Crippen molar-refractivity contribution in [1.29, 1.82) is 0 Å². The second-order valence-electron chi connectivity index (χ2n) is 15.8. The number of unbranched alkanes of at least 4 members (excludes halogenated alkanes) is 22. The Kier molecular flexibility index (Phi) is 28.3. The van der Waals surface area contributed by atoms with E-state index in [1.54, 1.807) is 12.1 Å². The van der Waals surface area contributed by atoms with E-state index in [0.717, 1.165) is 25.9 Å². The number of carbonyl (C=O) groups is 4. The summed E-state index contributed by atoms with van der Waals surface area (Å²) in [6.45, 7) is 6.46. The Morgan fingerprint density at radius 3 is 1.46 bits per heavy atom. The third kappa shape index (κ3) is 21.8. The molecule has 1 saturated heterocycles. The van der Waals surface area contributed by atoms with Crippen molar-refractivity contribution in [3.05, 3.63) is 35.9 Å². The van der Waals surface area contributed by atoms with Gasteiger partial charge in [0, 0.05) is 12.0 Å². The van der Waals surface area contributed by atoms with Gasteiger partial charge in [-0.1, -0.05) is 173 Å². The molecule has 0 radical (unpaired) electrons. The summed E-state index contributed by atoms with van der Waals surface area (Å²) >= 11 is 0. The van der Waals surface area contributed by atoms with Gasteiger partial charge in [0.15, 0.2) is 12.3 Å². The van der Waals surface area contributed by atoms with Crippen LogP contribution in [0.4, 0.5) is 0 Å². The van der Waals surface area contributed by atoms with Crippen molar-refractivity contribution < 1.29 is 47.6 Å². The number of nitrogens with one attached hydrogen (secondary N) is 1. The van der Waals surface area contributed by atoms with E-state index in [1.165, 1.54) is 146 Å². The van der Waals surface area contributed by atoms with Crippen LogP contribution in [-0.2, 0) is 14.4 Å². The average Bonchev–Trinajstić information content (AvgIpc) is 3.12. The molecule has 7 nitrogen and oxygen atoms in total. The van der Waals surface area contributed by atoms with Crippen LogP contribution in [0, 0.1) is 0 Å². The summed E-state index contributed by atoms with van der Waals surface area (Å²) in [6.07, 6.45) is 31.5. The van der Waals surface area contributed by atoms with E-state index >= 15 is 0 Å². The zero-order chi connectivity index (χ0) is 37.0. The number of likely N-dealkylation sites (N-methyl/N-ethyl adjacent to an activating group) is 1. The molecule has 0 saturated carbocycles. The van der Waals surface area contributed by atoms with E-state index in [2.05, 4.69) is 26.2 Å². The molecule has 52 heavy (non-hydrogen) atoms. The van der Waals surface area contributed by atoms with Gasteiger partial charge in [0.2, 0.25) is 11.8 Å². The summed E-state index contributed by atoms with van der Waals surface area (Å²) in [6, 6.07) is 8.15. The van der Waals surface area contributed by atoms with Gasteiger partial charge in [-0.3, -0.25) is 24.5 Å². The lowest BCUT2D eigenvalue weighted by atomic mass is 10.0. The number of quaternary nitrogens is 1. The molecule has 8 heteroatoms. The highest BCUT2D eigenvalue weighted by Crippen LogP contribution is 2.20. The fourth-order valence-electron chi connectivity index (χ4n) is 7.58. The summed E-state index contributed by atoms with van der Waals surface area (Å²) in [5, 5.41) is 2.41. The van der Waals surface area contributed by atoms with Gasteiger partial charge in [-0.2, -0.15) is 0 Å². The molecule has 2 rings (SSSR count). The highest BCUT2D eigenvalue weighted by atomic mass is 127. The maximum atomic E-state index is 14.2. The number of hydrogen-bond acceptors (Lipinski definition) is 4. The van der Waals surface area contributed by atoms with Gasteiger partial charge in [-0.25, -0.2) is 0 Å². The fourth-order valence-corrected chi connectivity index (χ4v) is 7.58. The minimum atomic E-state index is -0.811. The molecule has 0 aliphatic carbocycles. The third-order valence-electron chi connectivity index (χ3n) is 10.9. The summed E-state index contributed by atoms with van der Waals surface area (Å²) < 4.78 is 0.623. The van der Waals surface area contributed by atoms with E-state index in [9.17, 15) is 19.2 Å². The fraction of sp³-hybridized carbons (Fsp3) is 0.773. The number of piperidine rings is 1. The number of nitrogens with zero attached hydrogens (tertiary/aromatic N) is 2. The molecule has 1 heterocycles. The molecule has 1 aliphatic heterocycles. The second-order valence-corrected chi connectivity index (χ2v) is 15.8. The predicted octanol–water partition coefficient (Wildman–Crippen LogP) is 7.36. The number of hydrogen-bond donors (Lipinski definition) is 1. The third-order valence-corrected chi connectivity index (χ3v) is 10.9. The van der Waals surface area contributed by atoms with Gasteiger partial charge in [0.1, 0.15) is 6.04 Å². The molecule has 3 amide bonds. The molecular weight excluding hydrogens is 761 g/mol. The second kappa shape index (κ2) is 30.5. The molecule has 0 bridgehead atoms. The quantitative estimate of drug-likeness (QED) is 0.0271. The molecule has 1 aromatic carbocycles. The Bertz CT molecular complexity index is 1070. The molecule has 1 aromatic rings. The number of imide groups is 1. The van der Waals surface area contributed by atoms with Crippen LogP contribution in [0.2, 0.25) is 0 Å². The van der Waals surface area contributed by atoms with Crippen LogP contribution in [-0.4, -0.2) is 72.2 Å². The van der Waals surface area contributed by atoms with Crippen LogP contribution in [0.3, 0.4) is 0 Å². The van der Waals surface area contributed by atoms with Crippen LogP contribution in [0.25, 0.3) is 0 Å². The smallest absolute Gasteiger partial charge is 0.278 e. The Morgan fingerprint density at radius 2 is 1.06 bits per heavy atom. The van der Waals surface area contributed by atoms with Crippen LogP contribution < -0.4 is 29.3 Å². The first kappa shape index (κ1) is 48.2. The summed E-state index contributed by atoms with van der Waals surface area (Å²) in [7, 11) is 2.19. The van der Waals surface area contributed by atoms with E-state index in [4.69, 9.17) is 0 Å². The standard InChI is InChI=1S/C44H75N3O4.HI/c1-4-6-8-10-12-14-16-18-20-22-24-29-35-47(3,36-30-25-23-21-19-17-15-13-11-9-7-5-2)38-43(50)46(40-33-34-42(49)45-44(40)51)37-41(48)39-31-27-26-28-32-39;/h26-28,31-32,40H,4-25,29-30,33-38H2,1-3H3;1H. The number of ketones is 1. The number of halogens is 1. The normalized spacial score (nSPS) is 14.6. The molecule has 1 aliphatic rings. The average molecular weight is 838 g/mol. The number of benzene rings is 1. The van der Waals surface area contributed by atoms with Crippen molar-refractivity contribution in [3.8, 4) is 0 Å². The number of amides is 3. The highest BCUT2D eigenvalue weighted by Gasteiger charge is 2.38. The first-order chi connectivity index (χ1) is 24.8. The molecule has 1 fully saturated rings. The maximum Gasteiger partial charge on any atom is 0.278 e. The minimum Gasteiger partial charge on any atom is -1.00 e. The molecule has 1 N–H and O–H groups in total. The Labute approximate surface area is 335 Å². The van der Waals surface area contributed by atoms with Crippen LogP contribution >= 0.6 is 0 Å². The summed E-state index contributed by atoms with van der Waals surface area (Å²) in [5.41, 5.74) is 0.521. The van der Waals surface area contributed by atoms with E-state index in [0.29, 0.717) is 10.0 Å². The van der Waals surface area contributed by atoms with Gasteiger partial charge in [-0.05, 0) is 32.1 Å². The molecule has 0 spiro atoms. The van der Waals surface area contributed by atoms with Gasteiger partial charge in [0.25, 0.3) is 5.91 Å². The zero-order valence-corrected chi connectivity index (χ0v) is 35.7.